The molecule has 0 unspecified atom stereocenters. The Morgan fingerprint density at radius 2 is 1.86 bits per heavy atom. The Morgan fingerprint density at radius 3 is 2.71 bits per heavy atom. The normalized spacial score (nSPS) is 11.9. The summed E-state index contributed by atoms with van der Waals surface area (Å²) in [5, 5.41) is 9.01. The molecule has 1 aromatic heterocycles. The van der Waals surface area contributed by atoms with Gasteiger partial charge in [-0.15, -0.1) is 0 Å². The monoisotopic (exact) mass is 379 g/mol. The van der Waals surface area contributed by atoms with Crippen molar-refractivity contribution in [1.82, 2.24) is 15.8 Å². The number of hydrogen-bond acceptors (Lipinski definition) is 6. The second-order valence-corrected chi connectivity index (χ2v) is 6.05. The van der Waals surface area contributed by atoms with E-state index in [0.717, 1.165) is 11.1 Å². The third-order valence-corrected chi connectivity index (χ3v) is 4.16. The molecule has 0 fully saturated rings. The highest BCUT2D eigenvalue weighted by Gasteiger charge is 2.18. The quantitative estimate of drug-likeness (QED) is 0.680. The summed E-state index contributed by atoms with van der Waals surface area (Å²) in [4.78, 5) is 24.2. The van der Waals surface area contributed by atoms with Crippen molar-refractivity contribution in [3.63, 3.8) is 0 Å². The number of nitrogens with zero attached hydrogens (tertiary/aromatic N) is 1. The van der Waals surface area contributed by atoms with Crippen LogP contribution in [0, 0.1) is 0 Å². The van der Waals surface area contributed by atoms with E-state index in [4.69, 9.17) is 14.0 Å². The molecule has 28 heavy (non-hydrogen) atoms. The molecule has 8 nitrogen and oxygen atoms in total. The van der Waals surface area contributed by atoms with Crippen LogP contribution in [0.15, 0.2) is 59.1 Å². The number of fused-ring (bicyclic) bond motifs is 1. The van der Waals surface area contributed by atoms with Crippen molar-refractivity contribution in [3.05, 3.63) is 65.9 Å². The number of hydrogen-bond donors (Lipinski definition) is 2. The topological polar surface area (TPSA) is 103 Å². The van der Waals surface area contributed by atoms with Crippen molar-refractivity contribution < 1.29 is 23.6 Å². The van der Waals surface area contributed by atoms with Gasteiger partial charge in [0.05, 0.1) is 6.54 Å². The minimum Gasteiger partial charge on any atom is -0.454 e. The lowest BCUT2D eigenvalue weighted by Crippen LogP contribution is -2.36. The highest BCUT2D eigenvalue weighted by atomic mass is 16.7. The Morgan fingerprint density at radius 1 is 1.00 bits per heavy atom. The van der Waals surface area contributed by atoms with E-state index in [9.17, 15) is 9.59 Å². The molecule has 0 spiro atoms. The van der Waals surface area contributed by atoms with Crippen molar-refractivity contribution in [3.8, 4) is 22.8 Å². The molecular weight excluding hydrogens is 362 g/mol. The second-order valence-electron chi connectivity index (χ2n) is 6.05. The molecule has 4 rings (SSSR count). The predicted molar refractivity (Wildman–Crippen MR) is 98.7 cm³/mol. The third kappa shape index (κ3) is 3.80. The summed E-state index contributed by atoms with van der Waals surface area (Å²) in [6.07, 6.45) is 0. The second kappa shape index (κ2) is 7.83. The number of para-hydroxylation sites is 1. The molecule has 2 heterocycles. The van der Waals surface area contributed by atoms with Gasteiger partial charge >= 0.3 is 0 Å². The zero-order valence-electron chi connectivity index (χ0n) is 14.8. The van der Waals surface area contributed by atoms with E-state index in [2.05, 4.69) is 15.8 Å². The molecular formula is C20H17N3O5. The number of rotatable bonds is 6. The first-order chi connectivity index (χ1) is 13.7. The van der Waals surface area contributed by atoms with Gasteiger partial charge in [-0.3, -0.25) is 9.59 Å². The summed E-state index contributed by atoms with van der Waals surface area (Å²) < 4.78 is 15.9. The van der Waals surface area contributed by atoms with Gasteiger partial charge in [0.25, 0.3) is 5.91 Å². The standard InChI is InChI=1S/C20H17N3O5/c24-18(21-10-14-7-4-8-16-19(14)27-12-26-16)11-22-20(25)15-9-17(28-23-15)13-5-2-1-3-6-13/h1-9H,10-12H2,(H,21,24)(H,22,25). The van der Waals surface area contributed by atoms with Crippen LogP contribution in [0.4, 0.5) is 0 Å². The van der Waals surface area contributed by atoms with Gasteiger partial charge in [0, 0.05) is 23.7 Å². The van der Waals surface area contributed by atoms with E-state index in [1.807, 2.05) is 42.5 Å². The van der Waals surface area contributed by atoms with Gasteiger partial charge in [-0.25, -0.2) is 0 Å². The molecule has 0 atom stereocenters. The van der Waals surface area contributed by atoms with E-state index in [0.29, 0.717) is 17.3 Å². The van der Waals surface area contributed by atoms with Crippen LogP contribution in [0.3, 0.4) is 0 Å². The number of aromatic nitrogens is 1. The lowest BCUT2D eigenvalue weighted by Gasteiger charge is -2.08. The fourth-order valence-corrected chi connectivity index (χ4v) is 2.76. The Bertz CT molecular complexity index is 1000. The molecule has 3 aromatic rings. The van der Waals surface area contributed by atoms with Crippen molar-refractivity contribution >= 4 is 11.8 Å². The molecule has 1 aliphatic heterocycles. The molecule has 2 aromatic carbocycles. The summed E-state index contributed by atoms with van der Waals surface area (Å²) in [6.45, 7) is 0.251. The summed E-state index contributed by atoms with van der Waals surface area (Å²) >= 11 is 0. The van der Waals surface area contributed by atoms with Crippen LogP contribution < -0.4 is 20.1 Å². The number of ether oxygens (including phenoxy) is 2. The van der Waals surface area contributed by atoms with Crippen LogP contribution in [-0.4, -0.2) is 30.3 Å². The van der Waals surface area contributed by atoms with Crippen molar-refractivity contribution in [2.24, 2.45) is 0 Å². The Hall–Kier alpha value is -3.81. The molecule has 0 radical (unpaired) electrons. The largest absolute Gasteiger partial charge is 0.454 e. The number of carbonyl (C=O) groups is 2. The van der Waals surface area contributed by atoms with Gasteiger partial charge < -0.3 is 24.6 Å². The van der Waals surface area contributed by atoms with Gasteiger partial charge in [-0.2, -0.15) is 0 Å². The Labute approximate surface area is 160 Å². The minimum atomic E-state index is -0.488. The average Bonchev–Trinajstić information content (AvgIpc) is 3.41. The van der Waals surface area contributed by atoms with Crippen molar-refractivity contribution in [2.45, 2.75) is 6.54 Å². The van der Waals surface area contributed by atoms with E-state index in [1.165, 1.54) is 6.07 Å². The molecule has 0 bridgehead atoms. The van der Waals surface area contributed by atoms with Gasteiger partial charge in [0.2, 0.25) is 12.7 Å². The molecule has 142 valence electrons. The predicted octanol–water partition coefficient (Wildman–Crippen LogP) is 2.12. The SMILES string of the molecule is O=C(CNC(=O)c1cc(-c2ccccc2)on1)NCc1cccc2c1OCO2. The number of nitrogens with one attached hydrogen (secondary N) is 2. The first-order valence-corrected chi connectivity index (χ1v) is 8.65. The van der Waals surface area contributed by atoms with E-state index < -0.39 is 5.91 Å². The maximum atomic E-state index is 12.2. The highest BCUT2D eigenvalue weighted by Crippen LogP contribution is 2.35. The van der Waals surface area contributed by atoms with Crippen LogP contribution in [0.5, 0.6) is 11.5 Å². The smallest absolute Gasteiger partial charge is 0.273 e. The number of amides is 2. The van der Waals surface area contributed by atoms with Crippen LogP contribution in [0.25, 0.3) is 11.3 Å². The van der Waals surface area contributed by atoms with E-state index in [1.54, 1.807) is 6.07 Å². The summed E-state index contributed by atoms with van der Waals surface area (Å²) in [6, 6.07) is 16.3. The highest BCUT2D eigenvalue weighted by molar-refractivity contribution is 5.95. The molecule has 0 saturated heterocycles. The molecule has 8 heteroatoms. The minimum absolute atomic E-state index is 0.109. The number of benzene rings is 2. The molecule has 2 N–H and O–H groups in total. The van der Waals surface area contributed by atoms with Crippen LogP contribution in [-0.2, 0) is 11.3 Å². The third-order valence-electron chi connectivity index (χ3n) is 4.16. The van der Waals surface area contributed by atoms with Crippen molar-refractivity contribution in [1.29, 1.82) is 0 Å². The molecule has 0 saturated carbocycles. The van der Waals surface area contributed by atoms with Gasteiger partial charge in [-0.1, -0.05) is 47.6 Å². The maximum absolute atomic E-state index is 12.2. The van der Waals surface area contributed by atoms with Gasteiger partial charge in [0.1, 0.15) is 0 Å². The van der Waals surface area contributed by atoms with E-state index in [-0.39, 0.29) is 31.5 Å². The zero-order valence-corrected chi connectivity index (χ0v) is 14.8. The van der Waals surface area contributed by atoms with E-state index >= 15 is 0 Å². The fraction of sp³-hybridized carbons (Fsp3) is 0.150. The molecule has 1 aliphatic rings. The average molecular weight is 379 g/mol. The lowest BCUT2D eigenvalue weighted by atomic mass is 10.1. The first-order valence-electron chi connectivity index (χ1n) is 8.65. The Balaban J connectivity index is 1.29. The van der Waals surface area contributed by atoms with Crippen LogP contribution in [0.1, 0.15) is 16.1 Å². The lowest BCUT2D eigenvalue weighted by molar-refractivity contribution is -0.120. The summed E-state index contributed by atoms with van der Waals surface area (Å²) in [7, 11) is 0. The molecule has 2 amide bonds. The van der Waals surface area contributed by atoms with Crippen LogP contribution in [0.2, 0.25) is 0 Å². The van der Waals surface area contributed by atoms with Gasteiger partial charge in [0.15, 0.2) is 23.0 Å². The van der Waals surface area contributed by atoms with Gasteiger partial charge in [-0.05, 0) is 6.07 Å². The van der Waals surface area contributed by atoms with Crippen molar-refractivity contribution in [2.75, 3.05) is 13.3 Å². The first kappa shape index (κ1) is 17.6. The maximum Gasteiger partial charge on any atom is 0.273 e. The Kier molecular flexibility index (Phi) is 4.92. The zero-order chi connectivity index (χ0) is 19.3. The fourth-order valence-electron chi connectivity index (χ4n) is 2.76. The summed E-state index contributed by atoms with van der Waals surface area (Å²) in [5.74, 6) is 0.939. The molecule has 0 aliphatic carbocycles. The number of carbonyl (C=O) groups excluding carboxylic acids is 2. The van der Waals surface area contributed by atoms with Crippen LogP contribution >= 0.6 is 0 Å². The summed E-state index contributed by atoms with van der Waals surface area (Å²) in [5.41, 5.74) is 1.73.